The maximum absolute atomic E-state index is 10.8. The molecule has 0 fully saturated rings. The minimum Gasteiger partial charge on any atom is -0.371 e. The van der Waals surface area contributed by atoms with Gasteiger partial charge in [-0.05, 0) is 12.8 Å². The number of phosphoric acid groups is 1. The lowest BCUT2D eigenvalue weighted by Crippen LogP contribution is -2.01. The van der Waals surface area contributed by atoms with Gasteiger partial charge in [0.15, 0.2) is 0 Å². The number of hydrogen-bond acceptors (Lipinski definition) is 4. The molecule has 0 radical (unpaired) electrons. The van der Waals surface area contributed by atoms with Crippen LogP contribution in [0.1, 0.15) is 38.5 Å². The molecule has 0 saturated carbocycles. The average molecular weight is 238 g/mol. The number of hydrogen-bond donors (Lipinski definition) is 2. The molecule has 0 aliphatic rings. The Morgan fingerprint density at radius 2 is 1.80 bits per heavy atom. The molecular formula is C8H15O6P. The Morgan fingerprint density at radius 3 is 2.33 bits per heavy atom. The molecule has 0 spiro atoms. The highest BCUT2D eigenvalue weighted by Crippen LogP contribution is 2.36. The molecule has 0 aromatic rings. The van der Waals surface area contributed by atoms with Crippen molar-refractivity contribution in [3.8, 4) is 0 Å². The first kappa shape index (κ1) is 14.3. The highest BCUT2D eigenvalue weighted by Gasteiger charge is 2.19. The fourth-order valence-corrected chi connectivity index (χ4v) is 1.39. The molecular weight excluding hydrogens is 223 g/mol. The summed E-state index contributed by atoms with van der Waals surface area (Å²) in [6.45, 7) is 0. The van der Waals surface area contributed by atoms with Crippen molar-refractivity contribution >= 4 is 20.1 Å². The van der Waals surface area contributed by atoms with Crippen LogP contribution in [0.15, 0.2) is 0 Å². The topological polar surface area (TPSA) is 101 Å². The Labute approximate surface area is 87.9 Å². The highest BCUT2D eigenvalue weighted by molar-refractivity contribution is 7.46. The van der Waals surface area contributed by atoms with E-state index < -0.39 is 13.8 Å². The zero-order chi connectivity index (χ0) is 11.7. The van der Waals surface area contributed by atoms with E-state index >= 15 is 0 Å². The lowest BCUT2D eigenvalue weighted by atomic mass is 10.1. The number of unbranched alkanes of at least 4 members (excludes halogenated alkanes) is 4. The molecule has 6 nitrogen and oxygen atoms in total. The first-order valence-corrected chi connectivity index (χ1v) is 6.20. The number of carbonyl (C=O) groups is 2. The predicted octanol–water partition coefficient (Wildman–Crippen LogP) is 1.16. The van der Waals surface area contributed by atoms with Gasteiger partial charge in [-0.15, -0.1) is 0 Å². The summed E-state index contributed by atoms with van der Waals surface area (Å²) in [5.41, 5.74) is 0. The molecule has 15 heavy (non-hydrogen) atoms. The third-order valence-electron chi connectivity index (χ3n) is 1.67. The summed E-state index contributed by atoms with van der Waals surface area (Å²) in [5.74, 6) is -0.890. The van der Waals surface area contributed by atoms with Crippen molar-refractivity contribution in [2.45, 2.75) is 38.5 Å². The Morgan fingerprint density at radius 1 is 1.20 bits per heavy atom. The van der Waals surface area contributed by atoms with Crippen LogP contribution < -0.4 is 0 Å². The van der Waals surface area contributed by atoms with Gasteiger partial charge >= 0.3 is 13.8 Å². The van der Waals surface area contributed by atoms with Crippen LogP contribution in [0.3, 0.4) is 0 Å². The largest absolute Gasteiger partial charge is 0.526 e. The van der Waals surface area contributed by atoms with Gasteiger partial charge in [0.25, 0.3) is 0 Å². The van der Waals surface area contributed by atoms with E-state index in [9.17, 15) is 14.2 Å². The zero-order valence-corrected chi connectivity index (χ0v) is 9.19. The number of rotatable bonds is 8. The Hall–Kier alpha value is -0.710. The quantitative estimate of drug-likeness (QED) is 0.374. The molecule has 0 amide bonds. The second-order valence-electron chi connectivity index (χ2n) is 3.07. The molecule has 0 aromatic carbocycles. The van der Waals surface area contributed by atoms with Gasteiger partial charge in [-0.1, -0.05) is 12.8 Å². The van der Waals surface area contributed by atoms with E-state index in [-0.39, 0.29) is 6.42 Å². The van der Waals surface area contributed by atoms with Crippen LogP contribution in [0.2, 0.25) is 0 Å². The van der Waals surface area contributed by atoms with Crippen LogP contribution >= 0.6 is 7.82 Å². The van der Waals surface area contributed by atoms with Gasteiger partial charge in [-0.2, -0.15) is 0 Å². The van der Waals surface area contributed by atoms with E-state index in [0.29, 0.717) is 12.8 Å². The Balaban J connectivity index is 3.40. The minimum absolute atomic E-state index is 0.00774. The van der Waals surface area contributed by atoms with E-state index in [1.165, 1.54) is 0 Å². The van der Waals surface area contributed by atoms with Gasteiger partial charge < -0.3 is 9.32 Å². The predicted molar refractivity (Wildman–Crippen MR) is 51.9 cm³/mol. The van der Waals surface area contributed by atoms with E-state index in [1.54, 1.807) is 0 Å². The van der Waals surface area contributed by atoms with Crippen molar-refractivity contribution in [2.24, 2.45) is 0 Å². The maximum atomic E-state index is 10.8. The summed E-state index contributed by atoms with van der Waals surface area (Å²) < 4.78 is 14.1. The SMILES string of the molecule is O=CCCCCCCC(=O)OP(=O)(O)O. The molecule has 0 heterocycles. The monoisotopic (exact) mass is 238 g/mol. The molecule has 0 saturated heterocycles. The number of phosphoric ester groups is 1. The van der Waals surface area contributed by atoms with Gasteiger partial charge in [0.2, 0.25) is 0 Å². The fraction of sp³-hybridized carbons (Fsp3) is 0.750. The molecule has 0 aliphatic carbocycles. The first-order valence-electron chi connectivity index (χ1n) is 4.67. The third-order valence-corrected chi connectivity index (χ3v) is 2.12. The van der Waals surface area contributed by atoms with Gasteiger partial charge in [-0.25, -0.2) is 4.57 Å². The third kappa shape index (κ3) is 11.2. The van der Waals surface area contributed by atoms with E-state index in [4.69, 9.17) is 9.79 Å². The molecule has 7 heteroatoms. The zero-order valence-electron chi connectivity index (χ0n) is 8.29. The molecule has 0 aromatic heterocycles. The summed E-state index contributed by atoms with van der Waals surface area (Å²) in [4.78, 5) is 37.3. The minimum atomic E-state index is -4.68. The maximum Gasteiger partial charge on any atom is 0.526 e. The van der Waals surface area contributed by atoms with Gasteiger partial charge in [0, 0.05) is 12.8 Å². The summed E-state index contributed by atoms with van der Waals surface area (Å²) in [7, 11) is -4.68. The highest BCUT2D eigenvalue weighted by atomic mass is 31.2. The summed E-state index contributed by atoms with van der Waals surface area (Å²) in [6.07, 6.45) is 4.18. The van der Waals surface area contributed by atoms with Gasteiger partial charge in [-0.3, -0.25) is 14.6 Å². The molecule has 0 unspecified atom stereocenters. The van der Waals surface area contributed by atoms with Gasteiger partial charge in [0.05, 0.1) is 0 Å². The average Bonchev–Trinajstić information content (AvgIpc) is 2.08. The summed E-state index contributed by atoms with van der Waals surface area (Å²) in [5, 5.41) is 0. The second kappa shape index (κ2) is 7.56. The summed E-state index contributed by atoms with van der Waals surface area (Å²) >= 11 is 0. The van der Waals surface area contributed by atoms with E-state index in [2.05, 4.69) is 4.52 Å². The van der Waals surface area contributed by atoms with Crippen LogP contribution in [0.5, 0.6) is 0 Å². The fourth-order valence-electron chi connectivity index (χ4n) is 1.03. The van der Waals surface area contributed by atoms with Crippen LogP contribution in [-0.2, 0) is 18.7 Å². The molecule has 88 valence electrons. The van der Waals surface area contributed by atoms with Crippen LogP contribution in [0.25, 0.3) is 0 Å². The lowest BCUT2D eigenvalue weighted by molar-refractivity contribution is -0.135. The van der Waals surface area contributed by atoms with Crippen molar-refractivity contribution < 1.29 is 28.5 Å². The summed E-state index contributed by atoms with van der Waals surface area (Å²) in [6, 6.07) is 0. The molecule has 0 rings (SSSR count). The first-order chi connectivity index (χ1) is 6.95. The Kier molecular flexibility index (Phi) is 7.21. The van der Waals surface area contributed by atoms with E-state index in [0.717, 1.165) is 25.5 Å². The molecule has 0 aliphatic heterocycles. The van der Waals surface area contributed by atoms with Crippen molar-refractivity contribution in [2.75, 3.05) is 0 Å². The lowest BCUT2D eigenvalue weighted by Gasteiger charge is -2.04. The Bertz CT molecular complexity index is 246. The van der Waals surface area contributed by atoms with Gasteiger partial charge in [0.1, 0.15) is 6.29 Å². The van der Waals surface area contributed by atoms with Crippen molar-refractivity contribution in [3.63, 3.8) is 0 Å². The normalized spacial score (nSPS) is 11.1. The number of carbonyl (C=O) groups excluding carboxylic acids is 2. The van der Waals surface area contributed by atoms with Crippen molar-refractivity contribution in [1.82, 2.24) is 0 Å². The standard InChI is InChI=1S/C8H15O6P/c9-7-5-3-1-2-4-6-8(10)14-15(11,12)13/h7H,1-6H2,(H2,11,12,13). The van der Waals surface area contributed by atoms with Crippen LogP contribution in [0, 0.1) is 0 Å². The van der Waals surface area contributed by atoms with Crippen molar-refractivity contribution in [1.29, 1.82) is 0 Å². The number of aldehydes is 1. The molecule has 0 atom stereocenters. The van der Waals surface area contributed by atoms with Crippen molar-refractivity contribution in [3.05, 3.63) is 0 Å². The van der Waals surface area contributed by atoms with Crippen LogP contribution in [0.4, 0.5) is 0 Å². The van der Waals surface area contributed by atoms with E-state index in [1.807, 2.05) is 0 Å². The molecule has 0 bridgehead atoms. The van der Waals surface area contributed by atoms with Crippen LogP contribution in [-0.4, -0.2) is 22.0 Å². The second-order valence-corrected chi connectivity index (χ2v) is 4.24. The molecule has 2 N–H and O–H groups in total. The smallest absolute Gasteiger partial charge is 0.371 e.